The van der Waals surface area contributed by atoms with E-state index in [0.717, 1.165) is 31.4 Å². The highest BCUT2D eigenvalue weighted by molar-refractivity contribution is 7.99. The molecule has 0 unspecified atom stereocenters. The Hall–Kier alpha value is -3.13. The van der Waals surface area contributed by atoms with E-state index in [2.05, 4.69) is 5.10 Å². The van der Waals surface area contributed by atoms with Gasteiger partial charge in [-0.25, -0.2) is 0 Å². The molecule has 8 heteroatoms. The summed E-state index contributed by atoms with van der Waals surface area (Å²) in [5, 5.41) is 16.0. The van der Waals surface area contributed by atoms with Gasteiger partial charge < -0.3 is 4.74 Å². The molecular weight excluding hydrogens is 402 g/mol. The third-order valence-corrected chi connectivity index (χ3v) is 6.37. The topological polar surface area (TPSA) is 87.3 Å². The number of aromatic nitrogens is 2. The van der Waals surface area contributed by atoms with Gasteiger partial charge in [0.15, 0.2) is 0 Å². The van der Waals surface area contributed by atoms with Crippen LogP contribution >= 0.6 is 11.8 Å². The van der Waals surface area contributed by atoms with Crippen molar-refractivity contribution >= 4 is 23.4 Å². The summed E-state index contributed by atoms with van der Waals surface area (Å²) in [6.45, 7) is 1.81. The van der Waals surface area contributed by atoms with E-state index in [4.69, 9.17) is 4.74 Å². The molecule has 1 saturated carbocycles. The summed E-state index contributed by atoms with van der Waals surface area (Å²) >= 11 is 1.19. The third-order valence-electron chi connectivity index (χ3n) is 5.13. The lowest BCUT2D eigenvalue weighted by molar-refractivity contribution is -0.387. The summed E-state index contributed by atoms with van der Waals surface area (Å²) < 4.78 is 7.48. The van der Waals surface area contributed by atoms with Gasteiger partial charge in [-0.05, 0) is 38.0 Å². The van der Waals surface area contributed by atoms with E-state index in [1.165, 1.54) is 17.8 Å². The lowest BCUT2D eigenvalue weighted by Crippen LogP contribution is -2.19. The van der Waals surface area contributed by atoms with Crippen LogP contribution in [0, 0.1) is 23.0 Å². The van der Waals surface area contributed by atoms with Crippen molar-refractivity contribution in [2.45, 2.75) is 42.4 Å². The summed E-state index contributed by atoms with van der Waals surface area (Å²) in [6.07, 6.45) is 3.69. The molecule has 4 rings (SSSR count). The van der Waals surface area contributed by atoms with Gasteiger partial charge in [0.25, 0.3) is 5.69 Å². The smallest absolute Gasteiger partial charge is 0.315 e. The van der Waals surface area contributed by atoms with Crippen LogP contribution < -0.4 is 4.74 Å². The Morgan fingerprint density at radius 1 is 1.13 bits per heavy atom. The van der Waals surface area contributed by atoms with E-state index in [9.17, 15) is 14.9 Å². The lowest BCUT2D eigenvalue weighted by Gasteiger charge is -2.13. The number of hydrogen-bond donors (Lipinski definition) is 0. The second-order valence-corrected chi connectivity index (χ2v) is 8.25. The fourth-order valence-corrected chi connectivity index (χ4v) is 4.61. The van der Waals surface area contributed by atoms with Crippen molar-refractivity contribution in [2.75, 3.05) is 0 Å². The molecule has 3 aromatic rings. The maximum atomic E-state index is 12.8. The Bertz CT molecular complexity index is 1080. The number of nitro groups is 1. The maximum absolute atomic E-state index is 12.8. The van der Waals surface area contributed by atoms with Crippen LogP contribution in [-0.2, 0) is 4.79 Å². The minimum atomic E-state index is -0.413. The van der Waals surface area contributed by atoms with Crippen LogP contribution in [0.5, 0.6) is 5.88 Å². The predicted octanol–water partition coefficient (Wildman–Crippen LogP) is 5.34. The molecule has 30 heavy (non-hydrogen) atoms. The van der Waals surface area contributed by atoms with Crippen LogP contribution in [0.3, 0.4) is 0 Å². The van der Waals surface area contributed by atoms with Gasteiger partial charge in [0.2, 0.25) is 5.88 Å². The van der Waals surface area contributed by atoms with E-state index in [1.807, 2.05) is 37.3 Å². The number of benzene rings is 2. The van der Waals surface area contributed by atoms with Crippen LogP contribution in [0.2, 0.25) is 0 Å². The number of ether oxygens (including phenoxy) is 1. The normalized spacial score (nSPS) is 14.0. The summed E-state index contributed by atoms with van der Waals surface area (Å²) in [4.78, 5) is 24.9. The molecule has 0 atom stereocenters. The Morgan fingerprint density at radius 2 is 1.80 bits per heavy atom. The number of carbonyl (C=O) groups is 1. The standard InChI is InChI=1S/C22H21N3O4S/c1-15-20(30-19-14-8-7-13-18(19)25(27)28)21(29-22(26)16-9-5-6-10-16)24(23-15)17-11-3-2-4-12-17/h2-4,7-8,11-14,16H,5-6,9-10H2,1H3. The molecule has 2 aromatic carbocycles. The van der Waals surface area contributed by atoms with Crippen molar-refractivity contribution in [1.29, 1.82) is 0 Å². The molecule has 0 spiro atoms. The van der Waals surface area contributed by atoms with E-state index >= 15 is 0 Å². The highest BCUT2D eigenvalue weighted by Gasteiger charge is 2.29. The molecule has 0 radical (unpaired) electrons. The van der Waals surface area contributed by atoms with Crippen molar-refractivity contribution < 1.29 is 14.5 Å². The molecule has 0 N–H and O–H groups in total. The Labute approximate surface area is 178 Å². The monoisotopic (exact) mass is 423 g/mol. The van der Waals surface area contributed by atoms with Crippen molar-refractivity contribution in [2.24, 2.45) is 5.92 Å². The van der Waals surface area contributed by atoms with E-state index in [-0.39, 0.29) is 17.6 Å². The second-order valence-electron chi connectivity index (χ2n) is 7.20. The molecular formula is C22H21N3O4S. The van der Waals surface area contributed by atoms with Crippen molar-refractivity contribution in [3.05, 3.63) is 70.4 Å². The first-order valence-electron chi connectivity index (χ1n) is 9.82. The SMILES string of the molecule is Cc1nn(-c2ccccc2)c(OC(=O)C2CCCC2)c1Sc1ccccc1[N+](=O)[O-]. The largest absolute Gasteiger partial charge is 0.406 e. The quantitative estimate of drug-likeness (QED) is 0.302. The molecule has 1 fully saturated rings. The zero-order valence-electron chi connectivity index (χ0n) is 16.5. The fraction of sp³-hybridized carbons (Fsp3) is 0.273. The number of carbonyl (C=O) groups excluding carboxylic acids is 1. The van der Waals surface area contributed by atoms with Gasteiger partial charge in [-0.1, -0.05) is 54.9 Å². The molecule has 1 aliphatic carbocycles. The van der Waals surface area contributed by atoms with Crippen LogP contribution in [0.15, 0.2) is 64.4 Å². The van der Waals surface area contributed by atoms with Gasteiger partial charge >= 0.3 is 5.97 Å². The van der Waals surface area contributed by atoms with Gasteiger partial charge in [0, 0.05) is 6.07 Å². The first-order valence-corrected chi connectivity index (χ1v) is 10.6. The molecule has 154 valence electrons. The lowest BCUT2D eigenvalue weighted by atomic mass is 10.1. The van der Waals surface area contributed by atoms with Gasteiger partial charge in [0.05, 0.1) is 32.0 Å². The molecule has 0 bridgehead atoms. The van der Waals surface area contributed by atoms with Crippen molar-refractivity contribution in [1.82, 2.24) is 9.78 Å². The highest BCUT2D eigenvalue weighted by atomic mass is 32.2. The molecule has 1 aliphatic rings. The second kappa shape index (κ2) is 8.71. The first kappa shape index (κ1) is 20.2. The zero-order valence-corrected chi connectivity index (χ0v) is 17.3. The number of aryl methyl sites for hydroxylation is 1. The van der Waals surface area contributed by atoms with Crippen LogP contribution in [-0.4, -0.2) is 20.7 Å². The average Bonchev–Trinajstić information content (AvgIpc) is 3.39. The van der Waals surface area contributed by atoms with Crippen molar-refractivity contribution in [3.8, 4) is 11.6 Å². The van der Waals surface area contributed by atoms with Gasteiger partial charge in [0.1, 0.15) is 0 Å². The summed E-state index contributed by atoms with van der Waals surface area (Å²) in [5.41, 5.74) is 1.39. The van der Waals surface area contributed by atoms with Crippen molar-refractivity contribution in [3.63, 3.8) is 0 Å². The highest BCUT2D eigenvalue weighted by Crippen LogP contribution is 2.42. The molecule has 7 nitrogen and oxygen atoms in total. The van der Waals surface area contributed by atoms with Crippen LogP contribution in [0.25, 0.3) is 5.69 Å². The Morgan fingerprint density at radius 3 is 2.50 bits per heavy atom. The zero-order chi connectivity index (χ0) is 21.1. The molecule has 1 heterocycles. The maximum Gasteiger partial charge on any atom is 0.315 e. The van der Waals surface area contributed by atoms with Gasteiger partial charge in [-0.3, -0.25) is 14.9 Å². The van der Waals surface area contributed by atoms with Gasteiger partial charge in [-0.2, -0.15) is 9.78 Å². The summed E-state index contributed by atoms with van der Waals surface area (Å²) in [7, 11) is 0. The van der Waals surface area contributed by atoms with Gasteiger partial charge in [-0.15, -0.1) is 0 Å². The molecule has 1 aromatic heterocycles. The number of nitro benzene ring substituents is 1. The predicted molar refractivity (Wildman–Crippen MR) is 113 cm³/mol. The number of nitrogens with zero attached hydrogens (tertiary/aromatic N) is 3. The molecule has 0 aliphatic heterocycles. The first-order chi connectivity index (χ1) is 14.5. The summed E-state index contributed by atoms with van der Waals surface area (Å²) in [5.74, 6) is -0.0823. The van der Waals surface area contributed by atoms with Crippen LogP contribution in [0.4, 0.5) is 5.69 Å². The Balaban J connectivity index is 1.77. The van der Waals surface area contributed by atoms with E-state index < -0.39 is 4.92 Å². The Kier molecular flexibility index (Phi) is 5.85. The molecule has 0 saturated heterocycles. The minimum absolute atomic E-state index is 0.00225. The minimum Gasteiger partial charge on any atom is -0.406 e. The molecule has 0 amide bonds. The fourth-order valence-electron chi connectivity index (χ4n) is 3.59. The van der Waals surface area contributed by atoms with E-state index in [0.29, 0.717) is 21.4 Å². The van der Waals surface area contributed by atoms with Crippen LogP contribution in [0.1, 0.15) is 31.4 Å². The summed E-state index contributed by atoms with van der Waals surface area (Å²) in [6, 6.07) is 15.9. The van der Waals surface area contributed by atoms with E-state index in [1.54, 1.807) is 22.9 Å². The number of hydrogen-bond acceptors (Lipinski definition) is 6. The number of rotatable bonds is 6. The average molecular weight is 423 g/mol. The number of esters is 1. The number of para-hydroxylation sites is 2. The third kappa shape index (κ3) is 4.09.